The van der Waals surface area contributed by atoms with Gasteiger partial charge in [0, 0.05) is 17.3 Å². The molecule has 0 atom stereocenters. The average Bonchev–Trinajstić information content (AvgIpc) is 3.32. The monoisotopic (exact) mass is 401 g/mol. The first kappa shape index (κ1) is 19.6. The molecule has 0 unspecified atom stereocenters. The van der Waals surface area contributed by atoms with Gasteiger partial charge in [-0.15, -0.1) is 10.2 Å². The van der Waals surface area contributed by atoms with Gasteiger partial charge >= 0.3 is 0 Å². The number of methoxy groups -OCH3 is 1. The van der Waals surface area contributed by atoms with Gasteiger partial charge in [0.25, 0.3) is 0 Å². The molecule has 0 aliphatic carbocycles. The van der Waals surface area contributed by atoms with E-state index in [0.29, 0.717) is 23.9 Å². The Morgan fingerprint density at radius 2 is 1.70 bits per heavy atom. The number of tetrazole rings is 1. The number of hydrogen-bond donors (Lipinski definition) is 1. The highest BCUT2D eigenvalue weighted by Crippen LogP contribution is 2.35. The number of H-pyrrole nitrogens is 1. The molecular formula is C23H23N5O2. The molecule has 2 aromatic carbocycles. The molecule has 0 saturated carbocycles. The van der Waals surface area contributed by atoms with Crippen LogP contribution in [-0.4, -0.2) is 32.7 Å². The van der Waals surface area contributed by atoms with Crippen molar-refractivity contribution in [3.8, 4) is 34.0 Å². The zero-order chi connectivity index (χ0) is 20.9. The minimum Gasteiger partial charge on any atom is -0.491 e. The number of aromatic nitrogens is 5. The van der Waals surface area contributed by atoms with Gasteiger partial charge < -0.3 is 9.47 Å². The third kappa shape index (κ3) is 3.87. The van der Waals surface area contributed by atoms with Crippen LogP contribution in [0.3, 0.4) is 0 Å². The van der Waals surface area contributed by atoms with E-state index in [1.807, 2.05) is 43.3 Å². The first-order chi connectivity index (χ1) is 14.7. The second-order valence-corrected chi connectivity index (χ2v) is 6.82. The zero-order valence-electron chi connectivity index (χ0n) is 17.2. The second kappa shape index (κ2) is 8.73. The lowest BCUT2D eigenvalue weighted by atomic mass is 9.95. The molecule has 7 nitrogen and oxygen atoms in total. The Morgan fingerprint density at radius 1 is 0.967 bits per heavy atom. The minimum atomic E-state index is 0.389. The van der Waals surface area contributed by atoms with E-state index in [1.54, 1.807) is 7.11 Å². The minimum absolute atomic E-state index is 0.389. The fraction of sp³-hybridized carbons (Fsp3) is 0.217. The Morgan fingerprint density at radius 3 is 2.40 bits per heavy atom. The van der Waals surface area contributed by atoms with Crippen molar-refractivity contribution in [3.63, 3.8) is 0 Å². The standard InChI is InChI=1S/C23H23N5O2/c1-4-20-22(29-3)21(13-15(2)24-20)30-14-16-9-5-6-10-17(16)18-11-7-8-12-19(18)23-25-27-28-26-23/h5-13H,4,14H2,1-3H3,(H,25,26,27,28). The molecule has 0 spiro atoms. The number of benzene rings is 2. The van der Waals surface area contributed by atoms with E-state index in [4.69, 9.17) is 9.47 Å². The van der Waals surface area contributed by atoms with E-state index in [0.717, 1.165) is 40.1 Å². The Labute approximate surface area is 175 Å². The van der Waals surface area contributed by atoms with Gasteiger partial charge in [-0.3, -0.25) is 4.98 Å². The van der Waals surface area contributed by atoms with Gasteiger partial charge in [-0.05, 0) is 35.2 Å². The van der Waals surface area contributed by atoms with Gasteiger partial charge in [-0.2, -0.15) is 5.21 Å². The van der Waals surface area contributed by atoms with Crippen LogP contribution in [-0.2, 0) is 13.0 Å². The number of hydrogen-bond acceptors (Lipinski definition) is 6. The fourth-order valence-electron chi connectivity index (χ4n) is 3.51. The van der Waals surface area contributed by atoms with Crippen LogP contribution >= 0.6 is 0 Å². The predicted molar refractivity (Wildman–Crippen MR) is 114 cm³/mol. The molecule has 0 amide bonds. The van der Waals surface area contributed by atoms with Crippen LogP contribution in [0.15, 0.2) is 54.6 Å². The van der Waals surface area contributed by atoms with Crippen LogP contribution in [0.1, 0.15) is 23.9 Å². The van der Waals surface area contributed by atoms with Crippen molar-refractivity contribution < 1.29 is 9.47 Å². The number of pyridine rings is 1. The number of nitrogens with one attached hydrogen (secondary N) is 1. The third-order valence-electron chi connectivity index (χ3n) is 4.88. The van der Waals surface area contributed by atoms with Gasteiger partial charge in [0.1, 0.15) is 6.61 Å². The molecule has 2 aromatic heterocycles. The molecule has 152 valence electrons. The summed E-state index contributed by atoms with van der Waals surface area (Å²) < 4.78 is 11.8. The Hall–Kier alpha value is -3.74. The van der Waals surface area contributed by atoms with Crippen molar-refractivity contribution in [1.82, 2.24) is 25.6 Å². The van der Waals surface area contributed by atoms with Gasteiger partial charge in [-0.25, -0.2) is 0 Å². The van der Waals surface area contributed by atoms with Crippen molar-refractivity contribution in [3.05, 3.63) is 71.5 Å². The van der Waals surface area contributed by atoms with Crippen molar-refractivity contribution in [2.45, 2.75) is 26.9 Å². The SMILES string of the molecule is CCc1nc(C)cc(OCc2ccccc2-c2ccccc2-c2nn[nH]n2)c1OC. The molecule has 7 heteroatoms. The summed E-state index contributed by atoms with van der Waals surface area (Å²) >= 11 is 0. The van der Waals surface area contributed by atoms with E-state index < -0.39 is 0 Å². The largest absolute Gasteiger partial charge is 0.491 e. The molecule has 30 heavy (non-hydrogen) atoms. The van der Waals surface area contributed by atoms with Gasteiger partial charge in [0.2, 0.25) is 5.82 Å². The van der Waals surface area contributed by atoms with E-state index in [-0.39, 0.29) is 0 Å². The molecule has 0 saturated heterocycles. The highest BCUT2D eigenvalue weighted by molar-refractivity contribution is 5.82. The predicted octanol–water partition coefficient (Wildman–Crippen LogP) is 4.39. The first-order valence-electron chi connectivity index (χ1n) is 9.79. The highest BCUT2D eigenvalue weighted by atomic mass is 16.5. The normalized spacial score (nSPS) is 10.8. The summed E-state index contributed by atoms with van der Waals surface area (Å²) in [5, 5.41) is 14.5. The van der Waals surface area contributed by atoms with E-state index >= 15 is 0 Å². The van der Waals surface area contributed by atoms with Crippen LogP contribution in [0.5, 0.6) is 11.5 Å². The smallest absolute Gasteiger partial charge is 0.205 e. The van der Waals surface area contributed by atoms with E-state index in [9.17, 15) is 0 Å². The maximum atomic E-state index is 6.22. The van der Waals surface area contributed by atoms with Crippen LogP contribution in [0.2, 0.25) is 0 Å². The quantitative estimate of drug-likeness (QED) is 0.494. The topological polar surface area (TPSA) is 85.8 Å². The van der Waals surface area contributed by atoms with Crippen molar-refractivity contribution in [1.29, 1.82) is 0 Å². The maximum Gasteiger partial charge on any atom is 0.205 e. The molecule has 0 fully saturated rings. The summed E-state index contributed by atoms with van der Waals surface area (Å²) in [7, 11) is 1.65. The molecular weight excluding hydrogens is 378 g/mol. The van der Waals surface area contributed by atoms with Crippen LogP contribution < -0.4 is 9.47 Å². The molecule has 4 rings (SSSR count). The lowest BCUT2D eigenvalue weighted by molar-refractivity contribution is 0.282. The lowest BCUT2D eigenvalue weighted by Gasteiger charge is -2.16. The number of aryl methyl sites for hydroxylation is 2. The summed E-state index contributed by atoms with van der Waals surface area (Å²) in [6.45, 7) is 4.40. The molecule has 0 bridgehead atoms. The van der Waals surface area contributed by atoms with E-state index in [1.165, 1.54) is 0 Å². The number of rotatable bonds is 7. The van der Waals surface area contributed by atoms with Gasteiger partial charge in [0.15, 0.2) is 11.5 Å². The van der Waals surface area contributed by atoms with Gasteiger partial charge in [0.05, 0.1) is 12.8 Å². The lowest BCUT2D eigenvalue weighted by Crippen LogP contribution is -2.04. The third-order valence-corrected chi connectivity index (χ3v) is 4.88. The molecule has 0 radical (unpaired) electrons. The molecule has 2 heterocycles. The number of ether oxygens (including phenoxy) is 2. The highest BCUT2D eigenvalue weighted by Gasteiger charge is 2.16. The maximum absolute atomic E-state index is 6.22. The fourth-order valence-corrected chi connectivity index (χ4v) is 3.51. The van der Waals surface area contributed by atoms with Crippen LogP contribution in [0, 0.1) is 6.92 Å². The number of nitrogens with zero attached hydrogens (tertiary/aromatic N) is 4. The van der Waals surface area contributed by atoms with Crippen molar-refractivity contribution >= 4 is 0 Å². The first-order valence-corrected chi connectivity index (χ1v) is 9.79. The summed E-state index contributed by atoms with van der Waals surface area (Å²) in [6, 6.07) is 18.1. The molecule has 1 N–H and O–H groups in total. The summed E-state index contributed by atoms with van der Waals surface area (Å²) in [4.78, 5) is 4.56. The molecule has 4 aromatic rings. The van der Waals surface area contributed by atoms with Crippen LogP contribution in [0.25, 0.3) is 22.5 Å². The average molecular weight is 401 g/mol. The van der Waals surface area contributed by atoms with Crippen LogP contribution in [0.4, 0.5) is 0 Å². The van der Waals surface area contributed by atoms with E-state index in [2.05, 4.69) is 50.7 Å². The Kier molecular flexibility index (Phi) is 5.70. The summed E-state index contributed by atoms with van der Waals surface area (Å²) in [6.07, 6.45) is 0.774. The molecule has 0 aliphatic rings. The Bertz CT molecular complexity index is 1140. The van der Waals surface area contributed by atoms with Gasteiger partial charge in [-0.1, -0.05) is 55.5 Å². The van der Waals surface area contributed by atoms with Crippen molar-refractivity contribution in [2.75, 3.05) is 7.11 Å². The summed E-state index contributed by atoms with van der Waals surface area (Å²) in [5.74, 6) is 1.94. The summed E-state index contributed by atoms with van der Waals surface area (Å²) in [5.41, 5.74) is 5.82. The van der Waals surface area contributed by atoms with Crippen molar-refractivity contribution in [2.24, 2.45) is 0 Å². The molecule has 0 aliphatic heterocycles. The Balaban J connectivity index is 1.70. The zero-order valence-corrected chi connectivity index (χ0v) is 17.2. The second-order valence-electron chi connectivity index (χ2n) is 6.82. The number of aromatic amines is 1.